The predicted octanol–water partition coefficient (Wildman–Crippen LogP) is 2.29. The fourth-order valence-electron chi connectivity index (χ4n) is 4.79. The standard InChI is InChI=1S/C23H30FN5O2/c1-3-15-4-5-19(27-22(15)30)16-6-9-29(14-16)17-7-10-28(11-8-17)21-13-26-20(12-18(21)24)23(31)25-2/h4-5,12-13,16-17H,3,6-11,14H2,1-2H3,(H,25,31)(H,27,30). The van der Waals surface area contributed by atoms with Crippen LogP contribution >= 0.6 is 0 Å². The zero-order valence-corrected chi connectivity index (χ0v) is 18.2. The third-order valence-corrected chi connectivity index (χ3v) is 6.67. The van der Waals surface area contributed by atoms with Gasteiger partial charge in [0.15, 0.2) is 0 Å². The van der Waals surface area contributed by atoms with Crippen LogP contribution < -0.4 is 15.8 Å². The van der Waals surface area contributed by atoms with Gasteiger partial charge in [0.2, 0.25) is 0 Å². The number of aromatic amines is 1. The van der Waals surface area contributed by atoms with Gasteiger partial charge in [-0.1, -0.05) is 13.0 Å². The lowest BCUT2D eigenvalue weighted by molar-refractivity contribution is 0.0957. The Bertz CT molecular complexity index is 1000. The summed E-state index contributed by atoms with van der Waals surface area (Å²) < 4.78 is 14.6. The number of H-pyrrole nitrogens is 1. The number of carbonyl (C=O) groups is 1. The summed E-state index contributed by atoms with van der Waals surface area (Å²) in [5.41, 5.74) is 2.44. The van der Waals surface area contributed by atoms with Crippen molar-refractivity contribution in [3.05, 3.63) is 57.5 Å². The lowest BCUT2D eigenvalue weighted by atomic mass is 10.0. The van der Waals surface area contributed by atoms with E-state index in [1.54, 1.807) is 0 Å². The molecule has 0 bridgehead atoms. The molecule has 2 aromatic heterocycles. The third-order valence-electron chi connectivity index (χ3n) is 6.67. The molecule has 0 radical (unpaired) electrons. The molecule has 1 unspecified atom stereocenters. The van der Waals surface area contributed by atoms with Crippen LogP contribution in [0.2, 0.25) is 0 Å². The number of hydrogen-bond acceptors (Lipinski definition) is 5. The molecule has 0 aromatic carbocycles. The SMILES string of the molecule is CCc1ccc(C2CCN(C3CCN(c4cnc(C(=O)NC)cc4F)CC3)C2)[nH]c1=O. The zero-order valence-electron chi connectivity index (χ0n) is 18.2. The van der Waals surface area contributed by atoms with Crippen molar-refractivity contribution in [3.8, 4) is 0 Å². The summed E-state index contributed by atoms with van der Waals surface area (Å²) in [6.07, 6.45) is 5.16. The molecule has 4 heterocycles. The first-order valence-electron chi connectivity index (χ1n) is 11.1. The van der Waals surface area contributed by atoms with Crippen LogP contribution in [0.25, 0.3) is 0 Å². The third kappa shape index (κ3) is 4.49. The summed E-state index contributed by atoms with van der Waals surface area (Å²) in [7, 11) is 1.50. The van der Waals surface area contributed by atoms with Crippen molar-refractivity contribution in [3.63, 3.8) is 0 Å². The zero-order chi connectivity index (χ0) is 22.0. The molecule has 8 heteroatoms. The summed E-state index contributed by atoms with van der Waals surface area (Å²) in [5, 5.41) is 2.46. The van der Waals surface area contributed by atoms with Crippen molar-refractivity contribution in [2.24, 2.45) is 0 Å². The Morgan fingerprint density at radius 3 is 2.68 bits per heavy atom. The molecule has 166 valence electrons. The van der Waals surface area contributed by atoms with Crippen LogP contribution in [0.1, 0.15) is 53.8 Å². The molecule has 2 saturated heterocycles. The average Bonchev–Trinajstić information content (AvgIpc) is 3.29. The van der Waals surface area contributed by atoms with Gasteiger partial charge in [-0.3, -0.25) is 14.5 Å². The van der Waals surface area contributed by atoms with Crippen molar-refractivity contribution in [1.29, 1.82) is 0 Å². The average molecular weight is 428 g/mol. The van der Waals surface area contributed by atoms with Gasteiger partial charge in [-0.25, -0.2) is 9.37 Å². The van der Waals surface area contributed by atoms with E-state index in [9.17, 15) is 14.0 Å². The molecule has 7 nitrogen and oxygen atoms in total. The minimum atomic E-state index is -0.409. The van der Waals surface area contributed by atoms with E-state index in [1.165, 1.54) is 19.3 Å². The highest BCUT2D eigenvalue weighted by atomic mass is 19.1. The summed E-state index contributed by atoms with van der Waals surface area (Å²) >= 11 is 0. The second-order valence-corrected chi connectivity index (χ2v) is 8.42. The molecule has 4 rings (SSSR count). The number of nitrogens with one attached hydrogen (secondary N) is 2. The van der Waals surface area contributed by atoms with Gasteiger partial charge >= 0.3 is 0 Å². The predicted molar refractivity (Wildman–Crippen MR) is 118 cm³/mol. The van der Waals surface area contributed by atoms with Crippen molar-refractivity contribution in [1.82, 2.24) is 20.2 Å². The van der Waals surface area contributed by atoms with E-state index < -0.39 is 11.7 Å². The van der Waals surface area contributed by atoms with E-state index in [2.05, 4.69) is 26.3 Å². The maximum Gasteiger partial charge on any atom is 0.269 e. The van der Waals surface area contributed by atoms with Gasteiger partial charge in [-0.15, -0.1) is 0 Å². The smallest absolute Gasteiger partial charge is 0.269 e. The minimum Gasteiger partial charge on any atom is -0.368 e. The number of piperidine rings is 1. The number of halogens is 1. The first kappa shape index (κ1) is 21.5. The molecule has 0 saturated carbocycles. The fraction of sp³-hybridized carbons (Fsp3) is 0.522. The van der Waals surface area contributed by atoms with Crippen LogP contribution in [0.5, 0.6) is 0 Å². The van der Waals surface area contributed by atoms with E-state index in [4.69, 9.17) is 0 Å². The molecule has 1 amide bonds. The van der Waals surface area contributed by atoms with Crippen LogP contribution in [-0.4, -0.2) is 60.0 Å². The number of hydrogen-bond donors (Lipinski definition) is 2. The molecule has 2 aliphatic heterocycles. The van der Waals surface area contributed by atoms with Crippen molar-refractivity contribution >= 4 is 11.6 Å². The van der Waals surface area contributed by atoms with Crippen molar-refractivity contribution in [2.75, 3.05) is 38.1 Å². The Morgan fingerprint density at radius 2 is 2.03 bits per heavy atom. The maximum atomic E-state index is 14.6. The lowest BCUT2D eigenvalue weighted by Crippen LogP contribution is -2.44. The second kappa shape index (κ2) is 9.18. The normalized spacial score (nSPS) is 20.2. The van der Waals surface area contributed by atoms with Crippen LogP contribution in [0, 0.1) is 5.82 Å². The number of amides is 1. The number of aryl methyl sites for hydroxylation is 1. The van der Waals surface area contributed by atoms with E-state index in [1.807, 2.05) is 17.9 Å². The second-order valence-electron chi connectivity index (χ2n) is 8.42. The quantitative estimate of drug-likeness (QED) is 0.765. The van der Waals surface area contributed by atoms with E-state index in [0.717, 1.165) is 63.1 Å². The number of aromatic nitrogens is 2. The Balaban J connectivity index is 1.35. The van der Waals surface area contributed by atoms with Gasteiger partial charge < -0.3 is 15.2 Å². The molecular formula is C23H30FN5O2. The summed E-state index contributed by atoms with van der Waals surface area (Å²) in [6, 6.07) is 5.68. The molecular weight excluding hydrogens is 397 g/mol. The lowest BCUT2D eigenvalue weighted by Gasteiger charge is -2.37. The Kier molecular flexibility index (Phi) is 6.36. The number of likely N-dealkylation sites (tertiary alicyclic amines) is 1. The van der Waals surface area contributed by atoms with Crippen molar-refractivity contribution in [2.45, 2.75) is 44.6 Å². The topological polar surface area (TPSA) is 81.3 Å². The highest BCUT2D eigenvalue weighted by Gasteiger charge is 2.32. The highest BCUT2D eigenvalue weighted by Crippen LogP contribution is 2.31. The van der Waals surface area contributed by atoms with Gasteiger partial charge in [0.05, 0.1) is 11.9 Å². The van der Waals surface area contributed by atoms with Gasteiger partial charge in [0.25, 0.3) is 11.5 Å². The summed E-state index contributed by atoms with van der Waals surface area (Å²) in [6.45, 7) is 5.47. The Morgan fingerprint density at radius 1 is 1.26 bits per heavy atom. The van der Waals surface area contributed by atoms with Crippen LogP contribution in [0.15, 0.2) is 29.2 Å². The summed E-state index contributed by atoms with van der Waals surface area (Å²) in [5.74, 6) is -0.443. The number of carbonyl (C=O) groups excluding carboxylic acids is 1. The molecule has 31 heavy (non-hydrogen) atoms. The van der Waals surface area contributed by atoms with E-state index in [0.29, 0.717) is 17.6 Å². The van der Waals surface area contributed by atoms with Crippen molar-refractivity contribution < 1.29 is 9.18 Å². The largest absolute Gasteiger partial charge is 0.368 e. The molecule has 1 atom stereocenters. The highest BCUT2D eigenvalue weighted by molar-refractivity contribution is 5.92. The number of anilines is 1. The molecule has 2 N–H and O–H groups in total. The number of rotatable bonds is 5. The molecule has 0 spiro atoms. The monoisotopic (exact) mass is 427 g/mol. The Labute approximate surface area is 181 Å². The number of pyridine rings is 2. The minimum absolute atomic E-state index is 0.0323. The first-order chi connectivity index (χ1) is 15.0. The van der Waals surface area contributed by atoms with Gasteiger partial charge in [0.1, 0.15) is 11.5 Å². The van der Waals surface area contributed by atoms with Gasteiger partial charge in [-0.05, 0) is 38.3 Å². The fourth-order valence-corrected chi connectivity index (χ4v) is 4.79. The summed E-state index contributed by atoms with van der Waals surface area (Å²) in [4.78, 5) is 35.5. The van der Waals surface area contributed by atoms with Crippen LogP contribution in [0.4, 0.5) is 10.1 Å². The molecule has 2 aliphatic rings. The van der Waals surface area contributed by atoms with Gasteiger partial charge in [0, 0.05) is 56.0 Å². The van der Waals surface area contributed by atoms with E-state index in [-0.39, 0.29) is 11.3 Å². The number of nitrogens with zero attached hydrogens (tertiary/aromatic N) is 3. The van der Waals surface area contributed by atoms with Gasteiger partial charge in [-0.2, -0.15) is 0 Å². The maximum absolute atomic E-state index is 14.6. The molecule has 2 aromatic rings. The Hall–Kier alpha value is -2.74. The molecule has 0 aliphatic carbocycles. The first-order valence-corrected chi connectivity index (χ1v) is 11.1. The molecule has 2 fully saturated rings. The van der Waals surface area contributed by atoms with Crippen LogP contribution in [0.3, 0.4) is 0 Å². The van der Waals surface area contributed by atoms with E-state index >= 15 is 0 Å². The van der Waals surface area contributed by atoms with Crippen LogP contribution in [-0.2, 0) is 6.42 Å².